The molecule has 2 unspecified atom stereocenters. The van der Waals surface area contributed by atoms with Gasteiger partial charge in [0.1, 0.15) is 11.6 Å². The first kappa shape index (κ1) is 14.5. The maximum atomic E-state index is 11.6. The fourth-order valence-electron chi connectivity index (χ4n) is 3.07. The summed E-state index contributed by atoms with van der Waals surface area (Å²) in [4.78, 5) is 21.4. The van der Waals surface area contributed by atoms with Crippen molar-refractivity contribution in [1.29, 1.82) is 0 Å². The van der Waals surface area contributed by atoms with Crippen molar-refractivity contribution in [3.63, 3.8) is 0 Å². The van der Waals surface area contributed by atoms with E-state index in [2.05, 4.69) is 20.2 Å². The Hall–Kier alpha value is -1.40. The highest BCUT2D eigenvalue weighted by molar-refractivity contribution is 5.33. The van der Waals surface area contributed by atoms with Gasteiger partial charge < -0.3 is 15.0 Å². The van der Waals surface area contributed by atoms with Crippen LogP contribution < -0.4 is 10.9 Å². The number of ether oxygens (including phenoxy) is 1. The monoisotopic (exact) mass is 292 g/mol. The van der Waals surface area contributed by atoms with Crippen LogP contribution in [0.2, 0.25) is 0 Å². The topological polar surface area (TPSA) is 70.2 Å². The summed E-state index contributed by atoms with van der Waals surface area (Å²) in [6.07, 6.45) is 2.71. The predicted octanol–water partition coefficient (Wildman–Crippen LogP) is 1.17. The molecule has 2 N–H and O–H groups in total. The van der Waals surface area contributed by atoms with Crippen molar-refractivity contribution in [3.05, 3.63) is 22.2 Å². The number of anilines is 1. The first-order valence-electron chi connectivity index (χ1n) is 7.82. The molecule has 6 nitrogen and oxygen atoms in total. The van der Waals surface area contributed by atoms with Crippen molar-refractivity contribution in [2.24, 2.45) is 0 Å². The lowest BCUT2D eigenvalue weighted by Gasteiger charge is -2.35. The van der Waals surface area contributed by atoms with Crippen LogP contribution in [0.5, 0.6) is 0 Å². The standard InChI is InChI=1S/C15H24N4O2/c1-10(2)15-17-13(6-14(20)18-15)16-7-12-8-19-5-3-4-11(19)9-21-12/h6,10-12H,3-5,7-9H2,1-2H3,(H2,16,17,18,20). The van der Waals surface area contributed by atoms with Crippen LogP contribution in [0, 0.1) is 0 Å². The third-order valence-corrected chi connectivity index (χ3v) is 4.28. The molecule has 1 aromatic heterocycles. The number of hydrogen-bond acceptors (Lipinski definition) is 5. The summed E-state index contributed by atoms with van der Waals surface area (Å²) in [6.45, 7) is 7.70. The summed E-state index contributed by atoms with van der Waals surface area (Å²) in [5.74, 6) is 1.56. The molecule has 0 aromatic carbocycles. The first-order valence-corrected chi connectivity index (χ1v) is 7.82. The number of H-pyrrole nitrogens is 1. The van der Waals surface area contributed by atoms with Gasteiger partial charge in [0.2, 0.25) is 0 Å². The Balaban J connectivity index is 1.59. The average Bonchev–Trinajstić information content (AvgIpc) is 2.92. The number of rotatable bonds is 4. The summed E-state index contributed by atoms with van der Waals surface area (Å²) in [7, 11) is 0. The minimum absolute atomic E-state index is 0.111. The van der Waals surface area contributed by atoms with E-state index in [1.54, 1.807) is 0 Å². The summed E-state index contributed by atoms with van der Waals surface area (Å²) in [6, 6.07) is 2.12. The van der Waals surface area contributed by atoms with Crippen LogP contribution in [-0.2, 0) is 4.74 Å². The second-order valence-corrected chi connectivity index (χ2v) is 6.30. The molecule has 0 aliphatic carbocycles. The van der Waals surface area contributed by atoms with Crippen LogP contribution in [0.3, 0.4) is 0 Å². The molecular weight excluding hydrogens is 268 g/mol. The van der Waals surface area contributed by atoms with Gasteiger partial charge in [-0.2, -0.15) is 0 Å². The molecule has 2 saturated heterocycles. The van der Waals surface area contributed by atoms with Gasteiger partial charge >= 0.3 is 0 Å². The summed E-state index contributed by atoms with van der Waals surface area (Å²) in [5, 5.41) is 3.25. The molecule has 21 heavy (non-hydrogen) atoms. The largest absolute Gasteiger partial charge is 0.373 e. The fourth-order valence-corrected chi connectivity index (χ4v) is 3.07. The van der Waals surface area contributed by atoms with Gasteiger partial charge in [-0.15, -0.1) is 0 Å². The Bertz CT molecular complexity index is 543. The molecule has 2 fully saturated rings. The zero-order valence-electron chi connectivity index (χ0n) is 12.8. The van der Waals surface area contributed by atoms with Crippen LogP contribution in [0.15, 0.2) is 10.9 Å². The molecule has 0 amide bonds. The van der Waals surface area contributed by atoms with Crippen LogP contribution >= 0.6 is 0 Å². The normalized spacial score (nSPS) is 26.0. The van der Waals surface area contributed by atoms with Crippen LogP contribution in [0.25, 0.3) is 0 Å². The Morgan fingerprint density at radius 2 is 2.43 bits per heavy atom. The lowest BCUT2D eigenvalue weighted by atomic mass is 10.2. The molecular formula is C15H24N4O2. The zero-order chi connectivity index (χ0) is 14.8. The van der Waals surface area contributed by atoms with Crippen molar-refractivity contribution >= 4 is 5.82 Å². The smallest absolute Gasteiger partial charge is 0.252 e. The fraction of sp³-hybridized carbons (Fsp3) is 0.733. The molecule has 3 heterocycles. The molecule has 2 atom stereocenters. The van der Waals surface area contributed by atoms with Crippen molar-refractivity contribution in [2.75, 3.05) is 31.6 Å². The molecule has 0 radical (unpaired) electrons. The highest BCUT2D eigenvalue weighted by Crippen LogP contribution is 2.22. The van der Waals surface area contributed by atoms with Crippen molar-refractivity contribution < 1.29 is 4.74 Å². The van der Waals surface area contributed by atoms with Gasteiger partial charge in [-0.25, -0.2) is 4.98 Å². The molecule has 6 heteroatoms. The molecule has 116 valence electrons. The molecule has 0 saturated carbocycles. The van der Waals surface area contributed by atoms with Crippen LogP contribution in [-0.4, -0.2) is 53.3 Å². The average molecular weight is 292 g/mol. The van der Waals surface area contributed by atoms with E-state index in [1.807, 2.05) is 13.8 Å². The molecule has 1 aromatic rings. The number of hydrogen-bond donors (Lipinski definition) is 2. The van der Waals surface area contributed by atoms with Crippen molar-refractivity contribution in [2.45, 2.75) is 44.8 Å². The molecule has 2 aliphatic rings. The van der Waals surface area contributed by atoms with Crippen molar-refractivity contribution in [1.82, 2.24) is 14.9 Å². The Labute approximate surface area is 124 Å². The van der Waals surface area contributed by atoms with Crippen LogP contribution in [0.1, 0.15) is 38.4 Å². The summed E-state index contributed by atoms with van der Waals surface area (Å²) >= 11 is 0. The molecule has 0 spiro atoms. The second kappa shape index (κ2) is 6.15. The number of aromatic amines is 1. The Morgan fingerprint density at radius 1 is 1.57 bits per heavy atom. The zero-order valence-corrected chi connectivity index (χ0v) is 12.8. The van der Waals surface area contributed by atoms with E-state index in [-0.39, 0.29) is 17.6 Å². The Kier molecular flexibility index (Phi) is 4.26. The SMILES string of the molecule is CC(C)c1nc(NCC2CN3CCCC3CO2)cc(=O)[nH]1. The van der Waals surface area contributed by atoms with Crippen molar-refractivity contribution in [3.8, 4) is 0 Å². The Morgan fingerprint density at radius 3 is 3.24 bits per heavy atom. The van der Waals surface area contributed by atoms with E-state index in [1.165, 1.54) is 25.5 Å². The minimum Gasteiger partial charge on any atom is -0.373 e. The van der Waals surface area contributed by atoms with Gasteiger partial charge in [0.15, 0.2) is 0 Å². The molecule has 3 rings (SSSR count). The quantitative estimate of drug-likeness (QED) is 0.872. The summed E-state index contributed by atoms with van der Waals surface area (Å²) < 4.78 is 5.90. The van der Waals surface area contributed by atoms with Gasteiger partial charge in [-0.1, -0.05) is 13.8 Å². The van der Waals surface area contributed by atoms with E-state index in [9.17, 15) is 4.79 Å². The lowest BCUT2D eigenvalue weighted by Crippen LogP contribution is -2.48. The number of fused-ring (bicyclic) bond motifs is 1. The second-order valence-electron chi connectivity index (χ2n) is 6.30. The first-order chi connectivity index (χ1) is 10.1. The van der Waals surface area contributed by atoms with Gasteiger partial charge in [0, 0.05) is 31.1 Å². The predicted molar refractivity (Wildman–Crippen MR) is 81.8 cm³/mol. The third kappa shape index (κ3) is 3.44. The minimum atomic E-state index is -0.111. The van der Waals surface area contributed by atoms with Gasteiger partial charge in [-0.05, 0) is 19.4 Å². The maximum Gasteiger partial charge on any atom is 0.252 e. The van der Waals surface area contributed by atoms with Gasteiger partial charge in [0.25, 0.3) is 5.56 Å². The van der Waals surface area contributed by atoms with E-state index in [0.29, 0.717) is 24.2 Å². The molecule has 0 bridgehead atoms. The lowest BCUT2D eigenvalue weighted by molar-refractivity contribution is -0.0416. The van der Waals surface area contributed by atoms with E-state index >= 15 is 0 Å². The summed E-state index contributed by atoms with van der Waals surface area (Å²) in [5.41, 5.74) is -0.111. The van der Waals surface area contributed by atoms with Gasteiger partial charge in [-0.3, -0.25) is 9.69 Å². The van der Waals surface area contributed by atoms with E-state index in [0.717, 1.165) is 13.2 Å². The number of aromatic nitrogens is 2. The highest BCUT2D eigenvalue weighted by atomic mass is 16.5. The van der Waals surface area contributed by atoms with E-state index < -0.39 is 0 Å². The number of nitrogens with zero attached hydrogens (tertiary/aromatic N) is 2. The number of nitrogens with one attached hydrogen (secondary N) is 2. The third-order valence-electron chi connectivity index (χ3n) is 4.28. The van der Waals surface area contributed by atoms with E-state index in [4.69, 9.17) is 4.74 Å². The maximum absolute atomic E-state index is 11.6. The molecule has 2 aliphatic heterocycles. The van der Waals surface area contributed by atoms with Gasteiger partial charge in [0.05, 0.1) is 12.7 Å². The highest BCUT2D eigenvalue weighted by Gasteiger charge is 2.31. The van der Waals surface area contributed by atoms with Crippen LogP contribution in [0.4, 0.5) is 5.82 Å². The number of morpholine rings is 1.